The average molecular weight is 236 g/mol. The molecule has 0 aromatic heterocycles. The van der Waals surface area contributed by atoms with Crippen molar-refractivity contribution in [1.82, 2.24) is 10.2 Å². The van der Waals surface area contributed by atoms with Gasteiger partial charge in [-0.05, 0) is 82.6 Å². The van der Waals surface area contributed by atoms with Crippen LogP contribution in [-0.4, -0.2) is 37.6 Å². The molecule has 1 atom stereocenters. The Morgan fingerprint density at radius 3 is 2.47 bits per heavy atom. The molecule has 0 radical (unpaired) electrons. The van der Waals surface area contributed by atoms with Crippen molar-refractivity contribution in [1.29, 1.82) is 0 Å². The molecular formula is C15H28N2. The number of nitrogens with one attached hydrogen (secondary N) is 1. The lowest BCUT2D eigenvalue weighted by atomic mass is 9.77. The Bertz CT molecular complexity index is 227. The molecule has 0 bridgehead atoms. The van der Waals surface area contributed by atoms with Crippen LogP contribution in [0.3, 0.4) is 0 Å². The van der Waals surface area contributed by atoms with Crippen molar-refractivity contribution in [3.63, 3.8) is 0 Å². The van der Waals surface area contributed by atoms with E-state index in [-0.39, 0.29) is 0 Å². The van der Waals surface area contributed by atoms with Crippen molar-refractivity contribution in [2.75, 3.05) is 32.7 Å². The molecule has 98 valence electrons. The first kappa shape index (κ1) is 12.0. The van der Waals surface area contributed by atoms with E-state index in [4.69, 9.17) is 0 Å². The standard InChI is InChI=1S/C15H28N2/c1-2-6-15(5-1)7-11-17(12-8-15)10-4-14-3-9-16-13-14/h14,16H,1-13H2. The van der Waals surface area contributed by atoms with Crippen molar-refractivity contribution < 1.29 is 0 Å². The highest BCUT2D eigenvalue weighted by Gasteiger charge is 2.36. The minimum Gasteiger partial charge on any atom is -0.316 e. The van der Waals surface area contributed by atoms with Gasteiger partial charge in [0.15, 0.2) is 0 Å². The summed E-state index contributed by atoms with van der Waals surface area (Å²) in [6, 6.07) is 0. The summed E-state index contributed by atoms with van der Waals surface area (Å²) in [5, 5.41) is 3.48. The normalized spacial score (nSPS) is 33.5. The molecule has 3 rings (SSSR count). The van der Waals surface area contributed by atoms with Crippen molar-refractivity contribution in [3.8, 4) is 0 Å². The molecule has 0 aromatic rings. The van der Waals surface area contributed by atoms with Crippen LogP contribution in [0, 0.1) is 11.3 Å². The van der Waals surface area contributed by atoms with Crippen LogP contribution in [0.2, 0.25) is 0 Å². The van der Waals surface area contributed by atoms with Crippen LogP contribution in [0.5, 0.6) is 0 Å². The Hall–Kier alpha value is -0.0800. The zero-order chi connectivity index (χ0) is 11.6. The van der Waals surface area contributed by atoms with E-state index in [0.29, 0.717) is 0 Å². The molecule has 1 spiro atoms. The van der Waals surface area contributed by atoms with Crippen LogP contribution in [0.1, 0.15) is 51.4 Å². The van der Waals surface area contributed by atoms with Crippen LogP contribution >= 0.6 is 0 Å². The minimum atomic E-state index is 0.797. The second kappa shape index (κ2) is 5.27. The third kappa shape index (κ3) is 2.85. The van der Waals surface area contributed by atoms with Gasteiger partial charge in [0.2, 0.25) is 0 Å². The zero-order valence-corrected chi connectivity index (χ0v) is 11.2. The molecule has 17 heavy (non-hydrogen) atoms. The molecule has 2 heteroatoms. The maximum Gasteiger partial charge on any atom is -0.00134 e. The number of rotatable bonds is 3. The van der Waals surface area contributed by atoms with Crippen LogP contribution in [0.15, 0.2) is 0 Å². The van der Waals surface area contributed by atoms with Crippen LogP contribution < -0.4 is 5.32 Å². The van der Waals surface area contributed by atoms with E-state index in [1.54, 1.807) is 0 Å². The van der Waals surface area contributed by atoms with E-state index >= 15 is 0 Å². The van der Waals surface area contributed by atoms with Gasteiger partial charge in [-0.15, -0.1) is 0 Å². The second-order valence-corrected chi connectivity index (χ2v) is 6.70. The van der Waals surface area contributed by atoms with Gasteiger partial charge < -0.3 is 10.2 Å². The smallest absolute Gasteiger partial charge is 0.00134 e. The maximum atomic E-state index is 3.48. The molecule has 1 saturated carbocycles. The summed E-state index contributed by atoms with van der Waals surface area (Å²) < 4.78 is 0. The molecule has 1 N–H and O–H groups in total. The molecule has 3 aliphatic rings. The van der Waals surface area contributed by atoms with Gasteiger partial charge in [0.1, 0.15) is 0 Å². The molecule has 2 nitrogen and oxygen atoms in total. The summed E-state index contributed by atoms with van der Waals surface area (Å²) in [5.74, 6) is 0.970. The highest BCUT2D eigenvalue weighted by molar-refractivity contribution is 4.89. The van der Waals surface area contributed by atoms with Gasteiger partial charge in [-0.1, -0.05) is 12.8 Å². The Kier molecular flexibility index (Phi) is 3.72. The Balaban J connectivity index is 1.39. The number of likely N-dealkylation sites (tertiary alicyclic amines) is 1. The first-order valence-electron chi connectivity index (χ1n) is 7.79. The Labute approximate surface area is 106 Å². The van der Waals surface area contributed by atoms with Gasteiger partial charge in [-0.3, -0.25) is 0 Å². The monoisotopic (exact) mass is 236 g/mol. The summed E-state index contributed by atoms with van der Waals surface area (Å²) in [4.78, 5) is 2.74. The molecule has 3 fully saturated rings. The van der Waals surface area contributed by atoms with Crippen LogP contribution in [0.25, 0.3) is 0 Å². The summed E-state index contributed by atoms with van der Waals surface area (Å²) in [6.45, 7) is 6.67. The predicted octanol–water partition coefficient (Wildman–Crippen LogP) is 2.64. The molecule has 2 aliphatic heterocycles. The SMILES string of the molecule is C1CCC2(C1)CCN(CCC1CCNC1)CC2. The molecule has 0 amide bonds. The van der Waals surface area contributed by atoms with E-state index in [0.717, 1.165) is 11.3 Å². The van der Waals surface area contributed by atoms with Gasteiger partial charge in [0.25, 0.3) is 0 Å². The first-order chi connectivity index (χ1) is 8.36. The minimum absolute atomic E-state index is 0.797. The van der Waals surface area contributed by atoms with Crippen molar-refractivity contribution in [2.45, 2.75) is 51.4 Å². The summed E-state index contributed by atoms with van der Waals surface area (Å²) in [5.41, 5.74) is 0.797. The van der Waals surface area contributed by atoms with Crippen molar-refractivity contribution in [3.05, 3.63) is 0 Å². The lowest BCUT2D eigenvalue weighted by Gasteiger charge is -2.39. The number of nitrogens with zero attached hydrogens (tertiary/aromatic N) is 1. The number of hydrogen-bond acceptors (Lipinski definition) is 2. The predicted molar refractivity (Wildman–Crippen MR) is 72.2 cm³/mol. The third-order valence-electron chi connectivity index (χ3n) is 5.60. The van der Waals surface area contributed by atoms with Crippen molar-refractivity contribution in [2.24, 2.45) is 11.3 Å². The summed E-state index contributed by atoms with van der Waals surface area (Å²) >= 11 is 0. The fourth-order valence-electron chi connectivity index (χ4n) is 4.20. The zero-order valence-electron chi connectivity index (χ0n) is 11.2. The maximum absolute atomic E-state index is 3.48. The molecule has 2 saturated heterocycles. The molecule has 1 aliphatic carbocycles. The van der Waals surface area contributed by atoms with Gasteiger partial charge >= 0.3 is 0 Å². The van der Waals surface area contributed by atoms with Gasteiger partial charge in [-0.2, -0.15) is 0 Å². The average Bonchev–Trinajstić information content (AvgIpc) is 3.01. The topological polar surface area (TPSA) is 15.3 Å². The Morgan fingerprint density at radius 2 is 1.82 bits per heavy atom. The quantitative estimate of drug-likeness (QED) is 0.810. The lowest BCUT2D eigenvalue weighted by Crippen LogP contribution is -2.39. The highest BCUT2D eigenvalue weighted by atomic mass is 15.1. The first-order valence-corrected chi connectivity index (χ1v) is 7.79. The molecule has 0 aromatic carbocycles. The fourth-order valence-corrected chi connectivity index (χ4v) is 4.20. The van der Waals surface area contributed by atoms with Crippen LogP contribution in [0.4, 0.5) is 0 Å². The molecular weight excluding hydrogens is 208 g/mol. The number of hydrogen-bond donors (Lipinski definition) is 1. The molecule has 1 unspecified atom stereocenters. The van der Waals surface area contributed by atoms with E-state index in [1.165, 1.54) is 84.1 Å². The lowest BCUT2D eigenvalue weighted by molar-refractivity contribution is 0.104. The summed E-state index contributed by atoms with van der Waals surface area (Å²) in [7, 11) is 0. The van der Waals surface area contributed by atoms with Crippen molar-refractivity contribution >= 4 is 0 Å². The highest BCUT2D eigenvalue weighted by Crippen LogP contribution is 2.46. The van der Waals surface area contributed by atoms with Gasteiger partial charge in [-0.25, -0.2) is 0 Å². The van der Waals surface area contributed by atoms with E-state index in [1.807, 2.05) is 0 Å². The number of piperidine rings is 1. The second-order valence-electron chi connectivity index (χ2n) is 6.70. The van der Waals surface area contributed by atoms with Crippen LogP contribution in [-0.2, 0) is 0 Å². The van der Waals surface area contributed by atoms with E-state index in [9.17, 15) is 0 Å². The summed E-state index contributed by atoms with van der Waals surface area (Å²) in [6.07, 6.45) is 11.9. The van der Waals surface area contributed by atoms with Gasteiger partial charge in [0.05, 0.1) is 0 Å². The van der Waals surface area contributed by atoms with Gasteiger partial charge in [0, 0.05) is 0 Å². The van der Waals surface area contributed by atoms with E-state index in [2.05, 4.69) is 10.2 Å². The largest absolute Gasteiger partial charge is 0.316 e. The molecule has 2 heterocycles. The third-order valence-corrected chi connectivity index (χ3v) is 5.60. The fraction of sp³-hybridized carbons (Fsp3) is 1.00. The Morgan fingerprint density at radius 1 is 1.06 bits per heavy atom. The van der Waals surface area contributed by atoms with E-state index < -0.39 is 0 Å².